The number of fused-ring (bicyclic) bond motifs is 1. The Morgan fingerprint density at radius 3 is 2.71 bits per heavy atom. The maximum atomic E-state index is 12.2. The Morgan fingerprint density at radius 2 is 2.06 bits per heavy atom. The van der Waals surface area contributed by atoms with Gasteiger partial charge in [0.25, 0.3) is 5.91 Å². The van der Waals surface area contributed by atoms with Crippen LogP contribution in [0.5, 0.6) is 0 Å². The van der Waals surface area contributed by atoms with Crippen molar-refractivity contribution >= 4 is 11.6 Å². The van der Waals surface area contributed by atoms with E-state index in [1.165, 1.54) is 19.3 Å². The number of carbonyl (C=O) groups excluding carboxylic acids is 1. The molecule has 4 nitrogen and oxygen atoms in total. The first-order chi connectivity index (χ1) is 8.24. The minimum atomic E-state index is 0.0340. The van der Waals surface area contributed by atoms with Gasteiger partial charge in [-0.2, -0.15) is 0 Å². The second kappa shape index (κ2) is 4.02. The maximum Gasteiger partial charge on any atom is 0.272 e. The Labute approximate surface area is 101 Å². The van der Waals surface area contributed by atoms with Crippen molar-refractivity contribution in [1.82, 2.24) is 9.88 Å². The first kappa shape index (κ1) is 10.6. The number of nitrogen functional groups attached to an aromatic ring is 1. The Balaban J connectivity index is 1.75. The molecule has 1 aliphatic heterocycles. The molecule has 4 heteroatoms. The van der Waals surface area contributed by atoms with Crippen LogP contribution in [0.15, 0.2) is 18.3 Å². The summed E-state index contributed by atoms with van der Waals surface area (Å²) in [5.41, 5.74) is 6.75. The van der Waals surface area contributed by atoms with Crippen molar-refractivity contribution in [3.05, 3.63) is 24.0 Å². The normalized spacial score (nSPS) is 27.2. The highest BCUT2D eigenvalue weighted by atomic mass is 16.2. The van der Waals surface area contributed by atoms with Gasteiger partial charge in [0.05, 0.1) is 0 Å². The van der Waals surface area contributed by atoms with Crippen molar-refractivity contribution in [1.29, 1.82) is 0 Å². The Hall–Kier alpha value is -1.58. The molecular formula is C13H17N3O. The van der Waals surface area contributed by atoms with Crippen LogP contribution in [0.2, 0.25) is 0 Å². The van der Waals surface area contributed by atoms with E-state index in [0.29, 0.717) is 11.4 Å². The van der Waals surface area contributed by atoms with Crippen molar-refractivity contribution < 1.29 is 4.79 Å². The SMILES string of the molecule is Nc1ccnc(C(=O)N2CC3CCCC3C2)c1. The summed E-state index contributed by atoms with van der Waals surface area (Å²) < 4.78 is 0. The van der Waals surface area contributed by atoms with Crippen molar-refractivity contribution in [3.8, 4) is 0 Å². The second-order valence-corrected chi connectivity index (χ2v) is 5.14. The molecule has 2 heterocycles. The van der Waals surface area contributed by atoms with Crippen LogP contribution in [-0.2, 0) is 0 Å². The smallest absolute Gasteiger partial charge is 0.272 e. The molecule has 90 valence electrons. The van der Waals surface area contributed by atoms with Crippen molar-refractivity contribution in [2.45, 2.75) is 19.3 Å². The van der Waals surface area contributed by atoms with E-state index in [1.807, 2.05) is 4.90 Å². The standard InChI is InChI=1S/C13H17N3O/c14-11-4-5-15-12(6-11)13(17)16-7-9-2-1-3-10(9)8-16/h4-6,9-10H,1-3,7-8H2,(H2,14,15). The molecule has 0 spiro atoms. The number of hydrogen-bond donors (Lipinski definition) is 1. The summed E-state index contributed by atoms with van der Waals surface area (Å²) in [6.07, 6.45) is 5.48. The molecule has 3 rings (SSSR count). The van der Waals surface area contributed by atoms with E-state index in [0.717, 1.165) is 24.9 Å². The topological polar surface area (TPSA) is 59.2 Å². The molecule has 1 saturated heterocycles. The molecule has 2 atom stereocenters. The first-order valence-corrected chi connectivity index (χ1v) is 6.25. The lowest BCUT2D eigenvalue weighted by Crippen LogP contribution is -2.30. The molecule has 1 aromatic rings. The number of amides is 1. The minimum Gasteiger partial charge on any atom is -0.399 e. The number of anilines is 1. The van der Waals surface area contributed by atoms with E-state index < -0.39 is 0 Å². The molecule has 0 aromatic carbocycles. The van der Waals surface area contributed by atoms with E-state index in [-0.39, 0.29) is 5.91 Å². The van der Waals surface area contributed by atoms with E-state index in [4.69, 9.17) is 5.73 Å². The number of aromatic nitrogens is 1. The van der Waals surface area contributed by atoms with Gasteiger partial charge in [-0.1, -0.05) is 6.42 Å². The third kappa shape index (κ3) is 1.88. The largest absolute Gasteiger partial charge is 0.399 e. The van der Waals surface area contributed by atoms with Gasteiger partial charge in [-0.25, -0.2) is 0 Å². The number of pyridine rings is 1. The summed E-state index contributed by atoms with van der Waals surface area (Å²) in [6, 6.07) is 3.37. The lowest BCUT2D eigenvalue weighted by atomic mass is 10.0. The van der Waals surface area contributed by atoms with Gasteiger partial charge in [-0.05, 0) is 36.8 Å². The van der Waals surface area contributed by atoms with Crippen LogP contribution in [0.4, 0.5) is 5.69 Å². The van der Waals surface area contributed by atoms with Gasteiger partial charge in [0.2, 0.25) is 0 Å². The fourth-order valence-electron chi connectivity index (χ4n) is 3.13. The Morgan fingerprint density at radius 1 is 1.35 bits per heavy atom. The highest BCUT2D eigenvalue weighted by molar-refractivity contribution is 5.93. The van der Waals surface area contributed by atoms with Crippen molar-refractivity contribution in [2.75, 3.05) is 18.8 Å². The monoisotopic (exact) mass is 231 g/mol. The van der Waals surface area contributed by atoms with Crippen molar-refractivity contribution in [3.63, 3.8) is 0 Å². The van der Waals surface area contributed by atoms with Crippen LogP contribution >= 0.6 is 0 Å². The molecule has 2 fully saturated rings. The summed E-state index contributed by atoms with van der Waals surface area (Å²) in [5.74, 6) is 1.48. The lowest BCUT2D eigenvalue weighted by molar-refractivity contribution is 0.0775. The van der Waals surface area contributed by atoms with Gasteiger partial charge in [0, 0.05) is 25.0 Å². The minimum absolute atomic E-state index is 0.0340. The van der Waals surface area contributed by atoms with Crippen LogP contribution < -0.4 is 5.73 Å². The third-order valence-corrected chi connectivity index (χ3v) is 4.02. The van der Waals surface area contributed by atoms with Crippen molar-refractivity contribution in [2.24, 2.45) is 11.8 Å². The summed E-state index contributed by atoms with van der Waals surface area (Å²) in [4.78, 5) is 18.3. The first-order valence-electron chi connectivity index (χ1n) is 6.25. The fraction of sp³-hybridized carbons (Fsp3) is 0.538. The Bertz CT molecular complexity index is 434. The summed E-state index contributed by atoms with van der Waals surface area (Å²) in [7, 11) is 0. The fourth-order valence-corrected chi connectivity index (χ4v) is 3.13. The average Bonchev–Trinajstić information content (AvgIpc) is 2.88. The molecule has 0 bridgehead atoms. The summed E-state index contributed by atoms with van der Waals surface area (Å²) in [5, 5.41) is 0. The molecule has 1 saturated carbocycles. The van der Waals surface area contributed by atoms with Gasteiger partial charge in [-0.15, -0.1) is 0 Å². The average molecular weight is 231 g/mol. The predicted octanol–water partition coefficient (Wildman–Crippen LogP) is 1.54. The second-order valence-electron chi connectivity index (χ2n) is 5.14. The molecule has 0 radical (unpaired) electrons. The number of likely N-dealkylation sites (tertiary alicyclic amines) is 1. The summed E-state index contributed by atoms with van der Waals surface area (Å²) in [6.45, 7) is 1.81. The zero-order chi connectivity index (χ0) is 11.8. The van der Waals surface area contributed by atoms with Gasteiger partial charge in [-0.3, -0.25) is 9.78 Å². The molecule has 2 aliphatic rings. The zero-order valence-corrected chi connectivity index (χ0v) is 9.80. The molecule has 2 unspecified atom stereocenters. The zero-order valence-electron chi connectivity index (χ0n) is 9.80. The number of nitrogens with zero attached hydrogens (tertiary/aromatic N) is 2. The van der Waals surface area contributed by atoms with Gasteiger partial charge in [0.15, 0.2) is 0 Å². The van der Waals surface area contributed by atoms with E-state index in [1.54, 1.807) is 18.3 Å². The van der Waals surface area contributed by atoms with E-state index in [9.17, 15) is 4.79 Å². The van der Waals surface area contributed by atoms with E-state index in [2.05, 4.69) is 4.98 Å². The molecule has 2 N–H and O–H groups in total. The molecule has 1 aromatic heterocycles. The van der Waals surface area contributed by atoms with Gasteiger partial charge >= 0.3 is 0 Å². The summed E-state index contributed by atoms with van der Waals surface area (Å²) >= 11 is 0. The van der Waals surface area contributed by atoms with Crippen LogP contribution in [0, 0.1) is 11.8 Å². The van der Waals surface area contributed by atoms with Crippen LogP contribution in [0.25, 0.3) is 0 Å². The number of carbonyl (C=O) groups is 1. The van der Waals surface area contributed by atoms with Crippen LogP contribution in [0.1, 0.15) is 29.8 Å². The van der Waals surface area contributed by atoms with E-state index >= 15 is 0 Å². The third-order valence-electron chi connectivity index (χ3n) is 4.02. The maximum absolute atomic E-state index is 12.2. The highest BCUT2D eigenvalue weighted by Crippen LogP contribution is 2.38. The number of rotatable bonds is 1. The molecule has 1 aliphatic carbocycles. The van der Waals surface area contributed by atoms with Crippen LogP contribution in [0.3, 0.4) is 0 Å². The predicted molar refractivity (Wildman–Crippen MR) is 65.4 cm³/mol. The number of nitrogens with two attached hydrogens (primary N) is 1. The van der Waals surface area contributed by atoms with Gasteiger partial charge in [0.1, 0.15) is 5.69 Å². The molecule has 1 amide bonds. The number of hydrogen-bond acceptors (Lipinski definition) is 3. The highest BCUT2D eigenvalue weighted by Gasteiger charge is 2.38. The lowest BCUT2D eigenvalue weighted by Gasteiger charge is -2.16. The molecule has 17 heavy (non-hydrogen) atoms. The molecular weight excluding hydrogens is 214 g/mol. The Kier molecular flexibility index (Phi) is 2.50. The van der Waals surface area contributed by atoms with Crippen LogP contribution in [-0.4, -0.2) is 28.9 Å². The van der Waals surface area contributed by atoms with Gasteiger partial charge < -0.3 is 10.6 Å². The quantitative estimate of drug-likeness (QED) is 0.797.